The summed E-state index contributed by atoms with van der Waals surface area (Å²) in [5.41, 5.74) is 4.26. The zero-order valence-corrected chi connectivity index (χ0v) is 9.82. The van der Waals surface area contributed by atoms with Crippen LogP contribution < -0.4 is 0 Å². The Labute approximate surface area is 98.0 Å². The third-order valence-electron chi connectivity index (χ3n) is 3.38. The highest BCUT2D eigenvalue weighted by Gasteiger charge is 2.25. The van der Waals surface area contributed by atoms with Crippen LogP contribution in [0.5, 0.6) is 0 Å². The van der Waals surface area contributed by atoms with E-state index in [1.54, 1.807) is 0 Å². The zero-order chi connectivity index (χ0) is 11.5. The van der Waals surface area contributed by atoms with Gasteiger partial charge < -0.3 is 0 Å². The molecular formula is C16H18. The zero-order valence-electron chi connectivity index (χ0n) is 9.82. The van der Waals surface area contributed by atoms with Gasteiger partial charge in [0.05, 0.1) is 0 Å². The largest absolute Gasteiger partial charge is 0.103 e. The molecule has 1 aliphatic rings. The molecule has 1 aromatic rings. The molecule has 0 unspecified atom stereocenters. The number of hydrogen-bond donors (Lipinski definition) is 0. The average Bonchev–Trinajstić information content (AvgIpc) is 2.68. The molecule has 2 rings (SSSR count). The minimum Gasteiger partial charge on any atom is -0.103 e. The van der Waals surface area contributed by atoms with E-state index in [9.17, 15) is 0 Å². The van der Waals surface area contributed by atoms with E-state index in [1.165, 1.54) is 16.7 Å². The van der Waals surface area contributed by atoms with Gasteiger partial charge in [-0.15, -0.1) is 13.2 Å². The van der Waals surface area contributed by atoms with Gasteiger partial charge in [0.15, 0.2) is 0 Å². The molecule has 0 saturated heterocycles. The summed E-state index contributed by atoms with van der Waals surface area (Å²) in [7, 11) is 0. The molecule has 2 atom stereocenters. The van der Waals surface area contributed by atoms with Crippen molar-refractivity contribution in [2.24, 2.45) is 5.92 Å². The van der Waals surface area contributed by atoms with Crippen LogP contribution in [0.15, 0.2) is 55.1 Å². The molecule has 1 aliphatic carbocycles. The molecule has 0 heterocycles. The lowest BCUT2D eigenvalue weighted by Crippen LogP contribution is -2.03. The average molecular weight is 210 g/mol. The Morgan fingerprint density at radius 3 is 2.75 bits per heavy atom. The molecule has 0 aromatic heterocycles. The Morgan fingerprint density at radius 1 is 1.31 bits per heavy atom. The van der Waals surface area contributed by atoms with E-state index in [0.29, 0.717) is 11.8 Å². The maximum absolute atomic E-state index is 3.90. The molecule has 0 fully saturated rings. The molecule has 16 heavy (non-hydrogen) atoms. The lowest BCUT2D eigenvalue weighted by molar-refractivity contribution is 0.719. The quantitative estimate of drug-likeness (QED) is 0.639. The Balaban J connectivity index is 2.41. The van der Waals surface area contributed by atoms with E-state index >= 15 is 0 Å². The number of hydrogen-bond acceptors (Lipinski definition) is 0. The van der Waals surface area contributed by atoms with E-state index in [2.05, 4.69) is 50.4 Å². The predicted molar refractivity (Wildman–Crippen MR) is 71.3 cm³/mol. The first-order valence-electron chi connectivity index (χ1n) is 5.81. The van der Waals surface area contributed by atoms with Gasteiger partial charge in [-0.1, -0.05) is 55.0 Å². The normalized spacial score (nSPS) is 19.8. The van der Waals surface area contributed by atoms with Crippen molar-refractivity contribution >= 4 is 6.08 Å². The first kappa shape index (κ1) is 10.9. The molecular weight excluding hydrogens is 192 g/mol. The van der Waals surface area contributed by atoms with Crippen molar-refractivity contribution in [3.63, 3.8) is 0 Å². The minimum absolute atomic E-state index is 0.442. The molecule has 0 nitrogen and oxygen atoms in total. The van der Waals surface area contributed by atoms with Crippen LogP contribution in [0.1, 0.15) is 30.4 Å². The molecule has 0 heteroatoms. The second-order valence-corrected chi connectivity index (χ2v) is 4.37. The van der Waals surface area contributed by atoms with Crippen molar-refractivity contribution in [1.29, 1.82) is 0 Å². The van der Waals surface area contributed by atoms with Crippen LogP contribution >= 0.6 is 0 Å². The number of benzene rings is 1. The van der Waals surface area contributed by atoms with Gasteiger partial charge in [0, 0.05) is 5.92 Å². The summed E-state index contributed by atoms with van der Waals surface area (Å²) in [5.74, 6) is 0.944. The van der Waals surface area contributed by atoms with Gasteiger partial charge in [0.1, 0.15) is 0 Å². The fraction of sp³-hybridized carbons (Fsp3) is 0.250. The van der Waals surface area contributed by atoms with Crippen LogP contribution in [0, 0.1) is 5.92 Å². The van der Waals surface area contributed by atoms with Crippen molar-refractivity contribution in [1.82, 2.24) is 0 Å². The monoisotopic (exact) mass is 210 g/mol. The molecule has 0 spiro atoms. The highest BCUT2D eigenvalue weighted by molar-refractivity contribution is 5.67. The van der Waals surface area contributed by atoms with Gasteiger partial charge in [-0.05, 0) is 23.5 Å². The molecule has 0 bridgehead atoms. The van der Waals surface area contributed by atoms with Crippen molar-refractivity contribution in [3.05, 3.63) is 66.3 Å². The summed E-state index contributed by atoms with van der Waals surface area (Å²) in [6.45, 7) is 9.97. The Hall–Kier alpha value is -1.56. The fourth-order valence-corrected chi connectivity index (χ4v) is 2.43. The van der Waals surface area contributed by atoms with E-state index in [1.807, 2.05) is 12.2 Å². The van der Waals surface area contributed by atoms with Crippen LogP contribution in [-0.2, 0) is 0 Å². The standard InChI is InChI=1S/C16H18/c1-4-8-15-14-10-7-6-9-13(14)11-16(15)12(3)5-2/h4-7,9-12,15H,1-2,8H2,3H3/t12-,15+/m1/s1. The molecule has 0 aliphatic heterocycles. The Bertz CT molecular complexity index is 437. The molecule has 1 aromatic carbocycles. The van der Waals surface area contributed by atoms with Gasteiger partial charge in [0.25, 0.3) is 0 Å². The van der Waals surface area contributed by atoms with Crippen LogP contribution in [0.4, 0.5) is 0 Å². The SMILES string of the molecule is C=CC[C@@H]1C([C@H](C)C=C)=Cc2ccccc21. The van der Waals surface area contributed by atoms with Crippen LogP contribution in [0.25, 0.3) is 6.08 Å². The highest BCUT2D eigenvalue weighted by atomic mass is 14.3. The van der Waals surface area contributed by atoms with Crippen LogP contribution in [-0.4, -0.2) is 0 Å². The van der Waals surface area contributed by atoms with Gasteiger partial charge in [-0.2, -0.15) is 0 Å². The van der Waals surface area contributed by atoms with Gasteiger partial charge in [0.2, 0.25) is 0 Å². The lowest BCUT2D eigenvalue weighted by Gasteiger charge is -2.18. The molecule has 0 N–H and O–H groups in total. The Kier molecular flexibility index (Phi) is 3.09. The fourth-order valence-electron chi connectivity index (χ4n) is 2.43. The smallest absolute Gasteiger partial charge is 0.00976 e. The van der Waals surface area contributed by atoms with E-state index in [0.717, 1.165) is 6.42 Å². The maximum Gasteiger partial charge on any atom is 0.00976 e. The summed E-state index contributed by atoms with van der Waals surface area (Å²) in [6.07, 6.45) is 7.36. The topological polar surface area (TPSA) is 0 Å². The molecule has 0 amide bonds. The second kappa shape index (κ2) is 4.52. The predicted octanol–water partition coefficient (Wildman–Crippen LogP) is 4.57. The maximum atomic E-state index is 3.90. The number of rotatable bonds is 4. The summed E-state index contributed by atoms with van der Waals surface area (Å²) >= 11 is 0. The van der Waals surface area contributed by atoms with Crippen LogP contribution in [0.2, 0.25) is 0 Å². The lowest BCUT2D eigenvalue weighted by atomic mass is 9.86. The number of allylic oxidation sites excluding steroid dienone is 3. The summed E-state index contributed by atoms with van der Waals surface area (Å²) in [6, 6.07) is 8.63. The van der Waals surface area contributed by atoms with E-state index in [-0.39, 0.29) is 0 Å². The second-order valence-electron chi connectivity index (χ2n) is 4.37. The highest BCUT2D eigenvalue weighted by Crippen LogP contribution is 2.42. The third-order valence-corrected chi connectivity index (χ3v) is 3.38. The third kappa shape index (κ3) is 1.76. The van der Waals surface area contributed by atoms with Crippen molar-refractivity contribution in [2.75, 3.05) is 0 Å². The van der Waals surface area contributed by atoms with Gasteiger partial charge >= 0.3 is 0 Å². The Morgan fingerprint density at radius 2 is 2.06 bits per heavy atom. The molecule has 0 radical (unpaired) electrons. The first-order chi connectivity index (χ1) is 7.77. The minimum atomic E-state index is 0.442. The summed E-state index contributed by atoms with van der Waals surface area (Å²) < 4.78 is 0. The summed E-state index contributed by atoms with van der Waals surface area (Å²) in [5, 5.41) is 0. The van der Waals surface area contributed by atoms with Crippen molar-refractivity contribution in [3.8, 4) is 0 Å². The van der Waals surface area contributed by atoms with Gasteiger partial charge in [-0.25, -0.2) is 0 Å². The van der Waals surface area contributed by atoms with Gasteiger partial charge in [-0.3, -0.25) is 0 Å². The molecule has 0 saturated carbocycles. The van der Waals surface area contributed by atoms with E-state index < -0.39 is 0 Å². The van der Waals surface area contributed by atoms with Crippen LogP contribution in [0.3, 0.4) is 0 Å². The summed E-state index contributed by atoms with van der Waals surface area (Å²) in [4.78, 5) is 0. The first-order valence-corrected chi connectivity index (χ1v) is 5.81. The molecule has 82 valence electrons. The van der Waals surface area contributed by atoms with E-state index in [4.69, 9.17) is 0 Å². The number of fused-ring (bicyclic) bond motifs is 1. The van der Waals surface area contributed by atoms with Crippen molar-refractivity contribution in [2.45, 2.75) is 19.3 Å². The van der Waals surface area contributed by atoms with Crippen molar-refractivity contribution < 1.29 is 0 Å².